The highest BCUT2D eigenvalue weighted by molar-refractivity contribution is 7.13. The monoisotopic (exact) mass is 423 g/mol. The van der Waals surface area contributed by atoms with Gasteiger partial charge >= 0.3 is 6.18 Å². The Bertz CT molecular complexity index is 644. The lowest BCUT2D eigenvalue weighted by atomic mass is 9.71. The van der Waals surface area contributed by atoms with Crippen molar-refractivity contribution in [1.82, 2.24) is 9.88 Å². The summed E-state index contributed by atoms with van der Waals surface area (Å²) in [5.41, 5.74) is -0.490. The van der Waals surface area contributed by atoms with E-state index in [1.807, 2.05) is 5.38 Å². The minimum absolute atomic E-state index is 0.250. The number of hydrogen-bond donors (Lipinski definition) is 2. The van der Waals surface area contributed by atoms with E-state index >= 15 is 0 Å². The second-order valence-electron chi connectivity index (χ2n) is 7.04. The van der Waals surface area contributed by atoms with E-state index in [0.717, 1.165) is 11.6 Å². The van der Waals surface area contributed by atoms with Crippen LogP contribution in [0.2, 0.25) is 0 Å². The Labute approximate surface area is 164 Å². The first-order valence-corrected chi connectivity index (χ1v) is 9.83. The van der Waals surface area contributed by atoms with Gasteiger partial charge in [-0.15, -0.1) is 11.3 Å². The molecule has 0 saturated carbocycles. The molecule has 0 aromatic carbocycles. The summed E-state index contributed by atoms with van der Waals surface area (Å²) in [6.45, 7) is 1.79. The molecule has 7 nitrogen and oxygen atoms in total. The Hall–Kier alpha value is -1.88. The van der Waals surface area contributed by atoms with E-state index < -0.39 is 36.4 Å². The molecule has 0 radical (unpaired) electrons. The molecule has 3 rings (SSSR count). The first kappa shape index (κ1) is 22.4. The van der Waals surface area contributed by atoms with Crippen LogP contribution in [0, 0.1) is 5.41 Å². The lowest BCUT2D eigenvalue weighted by Crippen LogP contribution is -2.60. The smallest absolute Gasteiger partial charge is 0.389 e. The maximum atomic E-state index is 12.4. The number of aliphatic hydroxyl groups excluding tert-OH is 1. The molecule has 3 heterocycles. The molecule has 1 spiro atoms. The van der Waals surface area contributed by atoms with Crippen LogP contribution in [-0.2, 0) is 9.59 Å². The van der Waals surface area contributed by atoms with E-state index in [-0.39, 0.29) is 6.47 Å². The third kappa shape index (κ3) is 5.81. The van der Waals surface area contributed by atoms with E-state index in [1.54, 1.807) is 6.20 Å². The van der Waals surface area contributed by atoms with E-state index in [4.69, 9.17) is 9.90 Å². The summed E-state index contributed by atoms with van der Waals surface area (Å²) in [5.74, 6) is -0.477. The molecular weight excluding hydrogens is 399 g/mol. The standard InChI is InChI=1S/C16H22F3N3O2S.CH2O2/c17-16(18,19)5-2-13(24)21-7-1-4-15(10-21)11-22(8-3-12(15)23)14-20-6-9-25-14;2-1-3/h6,9,12,23H,1-5,7-8,10-11H2;1H,(H,2,3)/t12-,15+;/m1./s1. The largest absolute Gasteiger partial charge is 0.483 e. The van der Waals surface area contributed by atoms with Crippen molar-refractivity contribution in [2.24, 2.45) is 5.41 Å². The van der Waals surface area contributed by atoms with E-state index in [9.17, 15) is 23.1 Å². The number of hydrogen-bond acceptors (Lipinski definition) is 6. The lowest BCUT2D eigenvalue weighted by molar-refractivity contribution is -0.152. The average molecular weight is 423 g/mol. The number of rotatable bonds is 3. The van der Waals surface area contributed by atoms with Crippen molar-refractivity contribution in [2.75, 3.05) is 31.1 Å². The summed E-state index contributed by atoms with van der Waals surface area (Å²) in [4.78, 5) is 28.5. The summed E-state index contributed by atoms with van der Waals surface area (Å²) in [5, 5.41) is 20.3. The van der Waals surface area contributed by atoms with Gasteiger partial charge in [0, 0.05) is 49.6 Å². The first-order chi connectivity index (χ1) is 13.2. The van der Waals surface area contributed by atoms with Crippen LogP contribution in [0.1, 0.15) is 32.1 Å². The zero-order chi connectivity index (χ0) is 20.8. The van der Waals surface area contributed by atoms with Crippen molar-refractivity contribution in [3.8, 4) is 0 Å². The Kier molecular flexibility index (Phi) is 7.64. The van der Waals surface area contributed by atoms with Crippen LogP contribution in [0.3, 0.4) is 0 Å². The highest BCUT2D eigenvalue weighted by atomic mass is 32.1. The Morgan fingerprint density at radius 1 is 1.39 bits per heavy atom. The van der Waals surface area contributed by atoms with Crippen LogP contribution in [0.15, 0.2) is 11.6 Å². The Balaban J connectivity index is 0.000000878. The maximum Gasteiger partial charge on any atom is 0.389 e. The molecule has 28 heavy (non-hydrogen) atoms. The number of nitrogens with zero attached hydrogens (tertiary/aromatic N) is 3. The fourth-order valence-corrected chi connectivity index (χ4v) is 4.54. The van der Waals surface area contributed by atoms with Gasteiger partial charge in [-0.1, -0.05) is 0 Å². The topological polar surface area (TPSA) is 94.0 Å². The van der Waals surface area contributed by atoms with Gasteiger partial charge in [0.05, 0.1) is 12.5 Å². The molecule has 1 amide bonds. The molecule has 11 heteroatoms. The number of aliphatic hydroxyl groups is 1. The molecule has 0 aliphatic carbocycles. The number of halogens is 3. The van der Waals surface area contributed by atoms with Crippen LogP contribution in [0.4, 0.5) is 18.3 Å². The molecular formula is C17H24F3N3O4S. The average Bonchev–Trinajstić information content (AvgIpc) is 3.17. The zero-order valence-corrected chi connectivity index (χ0v) is 16.1. The second kappa shape index (κ2) is 9.55. The number of carbonyl (C=O) groups is 2. The first-order valence-electron chi connectivity index (χ1n) is 8.95. The van der Waals surface area contributed by atoms with Crippen molar-refractivity contribution in [3.05, 3.63) is 11.6 Å². The molecule has 2 N–H and O–H groups in total. The van der Waals surface area contributed by atoms with Crippen LogP contribution in [0.25, 0.3) is 0 Å². The Morgan fingerprint density at radius 2 is 2.11 bits per heavy atom. The van der Waals surface area contributed by atoms with E-state index in [0.29, 0.717) is 39.0 Å². The fourth-order valence-electron chi connectivity index (χ4n) is 3.87. The summed E-state index contributed by atoms with van der Waals surface area (Å²) in [6.07, 6.45) is -2.73. The van der Waals surface area contributed by atoms with Crippen molar-refractivity contribution in [1.29, 1.82) is 0 Å². The number of piperidine rings is 2. The second-order valence-corrected chi connectivity index (χ2v) is 7.92. The highest BCUT2D eigenvalue weighted by Gasteiger charge is 2.47. The molecule has 2 aliphatic heterocycles. The number of alkyl halides is 3. The van der Waals surface area contributed by atoms with E-state index in [2.05, 4.69) is 9.88 Å². The predicted molar refractivity (Wildman–Crippen MR) is 97.2 cm³/mol. The number of anilines is 1. The van der Waals surface area contributed by atoms with Gasteiger partial charge in [-0.2, -0.15) is 13.2 Å². The quantitative estimate of drug-likeness (QED) is 0.725. The van der Waals surface area contributed by atoms with Crippen LogP contribution >= 0.6 is 11.3 Å². The van der Waals surface area contributed by atoms with Crippen LogP contribution in [-0.4, -0.2) is 70.9 Å². The third-order valence-electron chi connectivity index (χ3n) is 5.16. The number of carbonyl (C=O) groups excluding carboxylic acids is 1. The minimum Gasteiger partial charge on any atom is -0.483 e. The van der Waals surface area contributed by atoms with Gasteiger partial charge < -0.3 is 20.0 Å². The van der Waals surface area contributed by atoms with Gasteiger partial charge in [0.2, 0.25) is 5.91 Å². The zero-order valence-electron chi connectivity index (χ0n) is 15.3. The van der Waals surface area contributed by atoms with E-state index in [1.165, 1.54) is 16.2 Å². The summed E-state index contributed by atoms with van der Waals surface area (Å²) in [7, 11) is 0. The number of likely N-dealkylation sites (tertiary alicyclic amines) is 1. The van der Waals surface area contributed by atoms with Crippen LogP contribution < -0.4 is 4.90 Å². The molecule has 0 bridgehead atoms. The molecule has 2 fully saturated rings. The fraction of sp³-hybridized carbons (Fsp3) is 0.706. The summed E-state index contributed by atoms with van der Waals surface area (Å²) < 4.78 is 37.1. The van der Waals surface area contributed by atoms with Gasteiger partial charge in [-0.25, -0.2) is 4.98 Å². The maximum absolute atomic E-state index is 12.4. The number of amides is 1. The SMILES string of the molecule is O=C(CCC(F)(F)F)N1CCC[C@]2(C1)CN(c1nccs1)CC[C@H]2O.O=CO. The van der Waals surface area contributed by atoms with Crippen LogP contribution in [0.5, 0.6) is 0 Å². The highest BCUT2D eigenvalue weighted by Crippen LogP contribution is 2.40. The number of thiazole rings is 1. The molecule has 1 aromatic rings. The van der Waals surface area contributed by atoms with Crippen molar-refractivity contribution in [2.45, 2.75) is 44.4 Å². The van der Waals surface area contributed by atoms with Gasteiger partial charge in [0.25, 0.3) is 6.47 Å². The molecule has 2 saturated heterocycles. The van der Waals surface area contributed by atoms with Gasteiger partial charge in [-0.05, 0) is 19.3 Å². The van der Waals surface area contributed by atoms with Crippen molar-refractivity contribution >= 4 is 28.8 Å². The predicted octanol–water partition coefficient (Wildman–Crippen LogP) is 2.37. The third-order valence-corrected chi connectivity index (χ3v) is 5.99. The molecule has 2 aliphatic rings. The molecule has 1 aromatic heterocycles. The van der Waals surface area contributed by atoms with Gasteiger partial charge in [0.15, 0.2) is 5.13 Å². The van der Waals surface area contributed by atoms with Gasteiger partial charge in [-0.3, -0.25) is 9.59 Å². The lowest BCUT2D eigenvalue weighted by Gasteiger charge is -2.51. The number of carboxylic acid groups (broad SMARTS) is 1. The van der Waals surface area contributed by atoms with Gasteiger partial charge in [0.1, 0.15) is 0 Å². The molecule has 2 atom stereocenters. The molecule has 0 unspecified atom stereocenters. The summed E-state index contributed by atoms with van der Waals surface area (Å²) in [6, 6.07) is 0. The minimum atomic E-state index is -4.32. The summed E-state index contributed by atoms with van der Waals surface area (Å²) >= 11 is 1.52. The Morgan fingerprint density at radius 3 is 2.71 bits per heavy atom. The van der Waals surface area contributed by atoms with Crippen molar-refractivity contribution < 1.29 is 33.0 Å². The molecule has 158 valence electrons. The normalized spacial score (nSPS) is 25.2. The van der Waals surface area contributed by atoms with Crippen molar-refractivity contribution in [3.63, 3.8) is 0 Å². The number of aromatic nitrogens is 1.